The number of aromatic nitrogens is 1. The van der Waals surface area contributed by atoms with E-state index in [0.29, 0.717) is 11.0 Å². The van der Waals surface area contributed by atoms with E-state index in [2.05, 4.69) is 26.2 Å². The van der Waals surface area contributed by atoms with E-state index in [0.717, 1.165) is 11.3 Å². The van der Waals surface area contributed by atoms with Gasteiger partial charge in [-0.2, -0.15) is 0 Å². The summed E-state index contributed by atoms with van der Waals surface area (Å²) in [7, 11) is 0. The molecule has 1 N–H and O–H groups in total. The van der Waals surface area contributed by atoms with Gasteiger partial charge in [-0.3, -0.25) is 4.98 Å². The van der Waals surface area contributed by atoms with Crippen LogP contribution in [0.5, 0.6) is 0 Å². The quantitative estimate of drug-likeness (QED) is 0.928. The summed E-state index contributed by atoms with van der Waals surface area (Å²) >= 11 is 3.16. The van der Waals surface area contributed by atoms with Gasteiger partial charge in [-0.1, -0.05) is 0 Å². The Morgan fingerprint density at radius 2 is 2.18 bits per heavy atom. The van der Waals surface area contributed by atoms with Gasteiger partial charge in [0.05, 0.1) is 4.47 Å². The summed E-state index contributed by atoms with van der Waals surface area (Å²) < 4.78 is 13.5. The molecule has 4 heteroatoms. The van der Waals surface area contributed by atoms with E-state index in [1.165, 1.54) is 11.6 Å². The zero-order valence-corrected chi connectivity index (χ0v) is 11.0. The van der Waals surface area contributed by atoms with E-state index >= 15 is 0 Å². The zero-order chi connectivity index (χ0) is 12.3. The van der Waals surface area contributed by atoms with Gasteiger partial charge in [-0.15, -0.1) is 0 Å². The van der Waals surface area contributed by atoms with Crippen molar-refractivity contribution in [3.8, 4) is 0 Å². The Hall–Kier alpha value is -1.42. The molecule has 2 aromatic rings. The van der Waals surface area contributed by atoms with Crippen LogP contribution in [0.3, 0.4) is 0 Å². The normalized spacial score (nSPS) is 10.3. The van der Waals surface area contributed by atoms with Gasteiger partial charge in [0.25, 0.3) is 0 Å². The average Bonchev–Trinajstić information content (AvgIpc) is 2.32. The minimum Gasteiger partial charge on any atom is -0.381 e. The van der Waals surface area contributed by atoms with Crippen LogP contribution in [0.4, 0.5) is 10.1 Å². The van der Waals surface area contributed by atoms with E-state index in [-0.39, 0.29) is 5.82 Å². The first-order chi connectivity index (χ1) is 8.16. The molecule has 0 saturated carbocycles. The minimum atomic E-state index is -0.256. The molecule has 1 heterocycles. The smallest absolute Gasteiger partial charge is 0.137 e. The number of nitrogens with one attached hydrogen (secondary N) is 1. The molecule has 88 valence electrons. The van der Waals surface area contributed by atoms with Crippen molar-refractivity contribution in [2.24, 2.45) is 0 Å². The number of anilines is 1. The Morgan fingerprint density at radius 3 is 2.88 bits per heavy atom. The maximum atomic E-state index is 13.0. The number of halogens is 2. The molecular weight excluding hydrogens is 283 g/mol. The molecule has 0 atom stereocenters. The SMILES string of the molecule is Cc1ccncc1CNc1ccc(F)c(Br)c1. The fraction of sp³-hybridized carbons (Fsp3) is 0.154. The standard InChI is InChI=1S/C13H12BrFN2/c1-9-4-5-16-7-10(9)8-17-11-2-3-13(15)12(14)6-11/h2-7,17H,8H2,1H3. The van der Waals surface area contributed by atoms with Crippen molar-refractivity contribution < 1.29 is 4.39 Å². The molecule has 0 aliphatic rings. The van der Waals surface area contributed by atoms with Crippen molar-refractivity contribution in [2.75, 3.05) is 5.32 Å². The molecule has 1 aromatic carbocycles. The molecular formula is C13H12BrFN2. The summed E-state index contributed by atoms with van der Waals surface area (Å²) in [5.41, 5.74) is 3.20. The Labute approximate surface area is 108 Å². The highest BCUT2D eigenvalue weighted by molar-refractivity contribution is 9.10. The molecule has 17 heavy (non-hydrogen) atoms. The summed E-state index contributed by atoms with van der Waals surface area (Å²) in [6.45, 7) is 2.72. The molecule has 1 aromatic heterocycles. The second-order valence-corrected chi connectivity index (χ2v) is 4.64. The number of hydrogen-bond donors (Lipinski definition) is 1. The third-order valence-corrected chi connectivity index (χ3v) is 3.16. The van der Waals surface area contributed by atoms with E-state index < -0.39 is 0 Å². The molecule has 0 radical (unpaired) electrons. The lowest BCUT2D eigenvalue weighted by atomic mass is 10.1. The van der Waals surface area contributed by atoms with Crippen LogP contribution in [0.2, 0.25) is 0 Å². The molecule has 0 bridgehead atoms. The lowest BCUT2D eigenvalue weighted by molar-refractivity contribution is 0.621. The second-order valence-electron chi connectivity index (χ2n) is 3.78. The molecule has 0 aliphatic carbocycles. The zero-order valence-electron chi connectivity index (χ0n) is 9.37. The number of nitrogens with zero attached hydrogens (tertiary/aromatic N) is 1. The van der Waals surface area contributed by atoms with Gasteiger partial charge in [0.15, 0.2) is 0 Å². The fourth-order valence-corrected chi connectivity index (χ4v) is 1.86. The molecule has 0 aliphatic heterocycles. The van der Waals surface area contributed by atoms with Crippen LogP contribution >= 0.6 is 15.9 Å². The molecule has 2 rings (SSSR count). The minimum absolute atomic E-state index is 0.256. The van der Waals surface area contributed by atoms with Crippen molar-refractivity contribution in [3.05, 3.63) is 58.1 Å². The van der Waals surface area contributed by atoms with Gasteiger partial charge in [-0.05, 0) is 58.2 Å². The predicted octanol–water partition coefficient (Wildman–Crippen LogP) is 3.90. The summed E-state index contributed by atoms with van der Waals surface area (Å²) in [6.07, 6.45) is 3.61. The Balaban J connectivity index is 2.08. The van der Waals surface area contributed by atoms with Gasteiger partial charge < -0.3 is 5.32 Å². The highest BCUT2D eigenvalue weighted by Gasteiger charge is 2.01. The number of rotatable bonds is 3. The van der Waals surface area contributed by atoms with Crippen LogP contribution in [0.1, 0.15) is 11.1 Å². The predicted molar refractivity (Wildman–Crippen MR) is 70.4 cm³/mol. The monoisotopic (exact) mass is 294 g/mol. The third-order valence-electron chi connectivity index (χ3n) is 2.55. The number of benzene rings is 1. The van der Waals surface area contributed by atoms with Crippen LogP contribution in [0.25, 0.3) is 0 Å². The van der Waals surface area contributed by atoms with Crippen LogP contribution in [0.15, 0.2) is 41.1 Å². The van der Waals surface area contributed by atoms with Gasteiger partial charge in [0.1, 0.15) is 5.82 Å². The molecule has 0 saturated heterocycles. The van der Waals surface area contributed by atoms with E-state index in [1.807, 2.05) is 19.2 Å². The van der Waals surface area contributed by atoms with E-state index in [9.17, 15) is 4.39 Å². The van der Waals surface area contributed by atoms with Gasteiger partial charge in [-0.25, -0.2) is 4.39 Å². The van der Waals surface area contributed by atoms with Crippen molar-refractivity contribution in [2.45, 2.75) is 13.5 Å². The largest absolute Gasteiger partial charge is 0.381 e. The Bertz CT molecular complexity index is 529. The Morgan fingerprint density at radius 1 is 1.35 bits per heavy atom. The summed E-state index contributed by atoms with van der Waals surface area (Å²) in [6, 6.07) is 6.84. The van der Waals surface area contributed by atoms with Crippen LogP contribution in [-0.2, 0) is 6.54 Å². The van der Waals surface area contributed by atoms with Crippen molar-refractivity contribution in [1.82, 2.24) is 4.98 Å². The molecule has 2 nitrogen and oxygen atoms in total. The average molecular weight is 295 g/mol. The number of hydrogen-bond acceptors (Lipinski definition) is 2. The maximum Gasteiger partial charge on any atom is 0.137 e. The van der Waals surface area contributed by atoms with E-state index in [4.69, 9.17) is 0 Å². The Kier molecular flexibility index (Phi) is 3.74. The van der Waals surface area contributed by atoms with Crippen LogP contribution < -0.4 is 5.32 Å². The molecule has 0 spiro atoms. The van der Waals surface area contributed by atoms with Crippen LogP contribution in [0, 0.1) is 12.7 Å². The summed E-state index contributed by atoms with van der Waals surface area (Å²) in [5.74, 6) is -0.256. The number of pyridine rings is 1. The second kappa shape index (κ2) is 5.27. The van der Waals surface area contributed by atoms with Gasteiger partial charge in [0.2, 0.25) is 0 Å². The topological polar surface area (TPSA) is 24.9 Å². The highest BCUT2D eigenvalue weighted by Crippen LogP contribution is 2.20. The first kappa shape index (κ1) is 12.0. The summed E-state index contributed by atoms with van der Waals surface area (Å²) in [5, 5.41) is 3.23. The van der Waals surface area contributed by atoms with Crippen LogP contribution in [-0.4, -0.2) is 4.98 Å². The number of aryl methyl sites for hydroxylation is 1. The highest BCUT2D eigenvalue weighted by atomic mass is 79.9. The van der Waals surface area contributed by atoms with Gasteiger partial charge >= 0.3 is 0 Å². The van der Waals surface area contributed by atoms with Crippen molar-refractivity contribution >= 4 is 21.6 Å². The lowest BCUT2D eigenvalue weighted by Crippen LogP contribution is -2.01. The van der Waals surface area contributed by atoms with Crippen molar-refractivity contribution in [3.63, 3.8) is 0 Å². The lowest BCUT2D eigenvalue weighted by Gasteiger charge is -2.09. The molecule has 0 fully saturated rings. The maximum absolute atomic E-state index is 13.0. The fourth-order valence-electron chi connectivity index (χ4n) is 1.49. The summed E-state index contributed by atoms with van der Waals surface area (Å²) in [4.78, 5) is 4.08. The molecule has 0 unspecified atom stereocenters. The van der Waals surface area contributed by atoms with E-state index in [1.54, 1.807) is 18.3 Å². The molecule has 0 amide bonds. The third kappa shape index (κ3) is 3.03. The first-order valence-corrected chi connectivity index (χ1v) is 6.04. The first-order valence-electron chi connectivity index (χ1n) is 5.25. The van der Waals surface area contributed by atoms with Crippen molar-refractivity contribution in [1.29, 1.82) is 0 Å². The van der Waals surface area contributed by atoms with Gasteiger partial charge in [0, 0.05) is 24.6 Å².